The maximum absolute atomic E-state index is 11.7. The van der Waals surface area contributed by atoms with Crippen LogP contribution in [0.2, 0.25) is 0 Å². The van der Waals surface area contributed by atoms with Gasteiger partial charge in [-0.2, -0.15) is 0 Å². The first-order valence-corrected chi connectivity index (χ1v) is 5.68. The lowest BCUT2D eigenvalue weighted by Gasteiger charge is -2.11. The second kappa shape index (κ2) is 6.25. The molecule has 0 fully saturated rings. The standard InChI is InChI=1S/C13H20N2O2/c1-9(8-17-3)6-13(16)15-11-5-4-10(2)12(14)7-11/h4-5,7,9H,6,8,14H2,1-3H3,(H,15,16). The molecule has 0 aromatic heterocycles. The Morgan fingerprint density at radius 2 is 2.24 bits per heavy atom. The normalized spacial score (nSPS) is 12.2. The third-order valence-electron chi connectivity index (χ3n) is 2.55. The van der Waals surface area contributed by atoms with E-state index in [4.69, 9.17) is 10.5 Å². The van der Waals surface area contributed by atoms with Gasteiger partial charge in [0.2, 0.25) is 5.91 Å². The van der Waals surface area contributed by atoms with E-state index in [0.717, 1.165) is 11.3 Å². The fourth-order valence-corrected chi connectivity index (χ4v) is 1.59. The molecule has 1 aromatic rings. The number of rotatable bonds is 5. The molecule has 4 heteroatoms. The number of nitrogens with two attached hydrogens (primary N) is 1. The van der Waals surface area contributed by atoms with E-state index in [9.17, 15) is 4.79 Å². The summed E-state index contributed by atoms with van der Waals surface area (Å²) in [6.45, 7) is 4.50. The molecule has 0 spiro atoms. The highest BCUT2D eigenvalue weighted by atomic mass is 16.5. The molecule has 17 heavy (non-hydrogen) atoms. The average molecular weight is 236 g/mol. The van der Waals surface area contributed by atoms with Crippen molar-refractivity contribution in [2.45, 2.75) is 20.3 Å². The molecule has 0 saturated heterocycles. The average Bonchev–Trinajstić information content (AvgIpc) is 2.23. The van der Waals surface area contributed by atoms with Crippen LogP contribution in [0.15, 0.2) is 18.2 Å². The van der Waals surface area contributed by atoms with Gasteiger partial charge in [-0.3, -0.25) is 4.79 Å². The quantitative estimate of drug-likeness (QED) is 0.770. The van der Waals surface area contributed by atoms with E-state index in [2.05, 4.69) is 5.32 Å². The zero-order chi connectivity index (χ0) is 12.8. The Bertz CT molecular complexity index is 391. The number of ether oxygens (including phenoxy) is 1. The zero-order valence-corrected chi connectivity index (χ0v) is 10.6. The van der Waals surface area contributed by atoms with E-state index in [1.54, 1.807) is 13.2 Å². The van der Waals surface area contributed by atoms with Gasteiger partial charge in [-0.25, -0.2) is 0 Å². The van der Waals surface area contributed by atoms with Crippen molar-refractivity contribution in [2.75, 3.05) is 24.8 Å². The summed E-state index contributed by atoms with van der Waals surface area (Å²) in [5.41, 5.74) is 8.21. The Morgan fingerprint density at radius 3 is 2.82 bits per heavy atom. The van der Waals surface area contributed by atoms with Gasteiger partial charge in [-0.15, -0.1) is 0 Å². The Morgan fingerprint density at radius 1 is 1.53 bits per heavy atom. The largest absolute Gasteiger partial charge is 0.398 e. The van der Waals surface area contributed by atoms with Crippen LogP contribution in [0.1, 0.15) is 18.9 Å². The van der Waals surface area contributed by atoms with Crippen LogP contribution in [-0.4, -0.2) is 19.6 Å². The van der Waals surface area contributed by atoms with E-state index in [-0.39, 0.29) is 11.8 Å². The SMILES string of the molecule is COCC(C)CC(=O)Nc1ccc(C)c(N)c1. The fourth-order valence-electron chi connectivity index (χ4n) is 1.59. The number of nitrogen functional groups attached to an aromatic ring is 1. The minimum absolute atomic E-state index is 0.0159. The van der Waals surface area contributed by atoms with Crippen LogP contribution in [0.4, 0.5) is 11.4 Å². The van der Waals surface area contributed by atoms with E-state index >= 15 is 0 Å². The molecule has 0 saturated carbocycles. The second-order valence-corrected chi connectivity index (χ2v) is 4.38. The van der Waals surface area contributed by atoms with Crippen molar-refractivity contribution >= 4 is 17.3 Å². The summed E-state index contributed by atoms with van der Waals surface area (Å²) in [4.78, 5) is 11.7. The molecule has 0 bridgehead atoms. The van der Waals surface area contributed by atoms with Crippen molar-refractivity contribution in [2.24, 2.45) is 5.92 Å². The van der Waals surface area contributed by atoms with Gasteiger partial charge in [-0.05, 0) is 30.5 Å². The second-order valence-electron chi connectivity index (χ2n) is 4.38. The van der Waals surface area contributed by atoms with Crippen LogP contribution < -0.4 is 11.1 Å². The highest BCUT2D eigenvalue weighted by Crippen LogP contribution is 2.17. The number of amides is 1. The number of hydrogen-bond acceptors (Lipinski definition) is 3. The smallest absolute Gasteiger partial charge is 0.224 e. The van der Waals surface area contributed by atoms with Gasteiger partial charge in [0, 0.05) is 31.5 Å². The predicted octanol–water partition coefficient (Wildman–Crippen LogP) is 2.19. The number of benzene rings is 1. The van der Waals surface area contributed by atoms with E-state index in [0.29, 0.717) is 18.7 Å². The third kappa shape index (κ3) is 4.44. The highest BCUT2D eigenvalue weighted by molar-refractivity contribution is 5.91. The predicted molar refractivity (Wildman–Crippen MR) is 69.9 cm³/mol. The summed E-state index contributed by atoms with van der Waals surface area (Å²) < 4.78 is 4.99. The van der Waals surface area contributed by atoms with E-state index < -0.39 is 0 Å². The molecular formula is C13H20N2O2. The topological polar surface area (TPSA) is 64.3 Å². The van der Waals surface area contributed by atoms with Gasteiger partial charge in [0.05, 0.1) is 0 Å². The van der Waals surface area contributed by atoms with Gasteiger partial charge in [0.25, 0.3) is 0 Å². The summed E-state index contributed by atoms with van der Waals surface area (Å²) >= 11 is 0. The molecule has 0 radical (unpaired) electrons. The minimum Gasteiger partial charge on any atom is -0.398 e. The molecule has 1 aromatic carbocycles. The summed E-state index contributed by atoms with van der Waals surface area (Å²) in [5, 5.41) is 2.82. The molecule has 1 atom stereocenters. The van der Waals surface area contributed by atoms with Gasteiger partial charge in [-0.1, -0.05) is 13.0 Å². The Hall–Kier alpha value is -1.55. The molecular weight excluding hydrogens is 216 g/mol. The number of hydrogen-bond donors (Lipinski definition) is 2. The lowest BCUT2D eigenvalue weighted by Crippen LogP contribution is -2.17. The zero-order valence-electron chi connectivity index (χ0n) is 10.6. The third-order valence-corrected chi connectivity index (χ3v) is 2.55. The van der Waals surface area contributed by atoms with Gasteiger partial charge in [0.15, 0.2) is 0 Å². The highest BCUT2D eigenvalue weighted by Gasteiger charge is 2.09. The first-order valence-electron chi connectivity index (χ1n) is 5.68. The molecule has 3 N–H and O–H groups in total. The maximum Gasteiger partial charge on any atom is 0.224 e. The molecule has 94 valence electrons. The number of aryl methyl sites for hydroxylation is 1. The Kier molecular flexibility index (Phi) is 4.97. The number of carbonyl (C=O) groups excluding carboxylic acids is 1. The molecule has 0 aliphatic carbocycles. The van der Waals surface area contributed by atoms with E-state index in [1.807, 2.05) is 26.0 Å². The molecule has 1 unspecified atom stereocenters. The Balaban J connectivity index is 2.53. The lowest BCUT2D eigenvalue weighted by atomic mass is 10.1. The molecule has 4 nitrogen and oxygen atoms in total. The van der Waals surface area contributed by atoms with Crippen LogP contribution in [0.3, 0.4) is 0 Å². The number of anilines is 2. The van der Waals surface area contributed by atoms with Crippen LogP contribution >= 0.6 is 0 Å². The van der Waals surface area contributed by atoms with Crippen LogP contribution in [-0.2, 0) is 9.53 Å². The van der Waals surface area contributed by atoms with Crippen molar-refractivity contribution < 1.29 is 9.53 Å². The van der Waals surface area contributed by atoms with Crippen molar-refractivity contribution in [3.8, 4) is 0 Å². The Labute approximate surface area is 102 Å². The molecule has 0 heterocycles. The van der Waals surface area contributed by atoms with Gasteiger partial charge >= 0.3 is 0 Å². The van der Waals surface area contributed by atoms with Crippen molar-refractivity contribution in [3.63, 3.8) is 0 Å². The summed E-state index contributed by atoms with van der Waals surface area (Å²) in [6.07, 6.45) is 0.446. The van der Waals surface area contributed by atoms with Crippen LogP contribution in [0.25, 0.3) is 0 Å². The summed E-state index contributed by atoms with van der Waals surface area (Å²) in [5.74, 6) is 0.195. The van der Waals surface area contributed by atoms with Crippen molar-refractivity contribution in [3.05, 3.63) is 23.8 Å². The first kappa shape index (κ1) is 13.5. The van der Waals surface area contributed by atoms with Crippen molar-refractivity contribution in [1.29, 1.82) is 0 Å². The van der Waals surface area contributed by atoms with Gasteiger partial charge < -0.3 is 15.8 Å². The van der Waals surface area contributed by atoms with Crippen molar-refractivity contribution in [1.82, 2.24) is 0 Å². The molecule has 0 aliphatic rings. The van der Waals surface area contributed by atoms with Crippen LogP contribution in [0, 0.1) is 12.8 Å². The lowest BCUT2D eigenvalue weighted by molar-refractivity contribution is -0.117. The number of nitrogens with one attached hydrogen (secondary N) is 1. The number of methoxy groups -OCH3 is 1. The summed E-state index contributed by atoms with van der Waals surface area (Å²) in [6, 6.07) is 5.52. The maximum atomic E-state index is 11.7. The molecule has 1 amide bonds. The minimum atomic E-state index is -0.0159. The van der Waals surface area contributed by atoms with Crippen LogP contribution in [0.5, 0.6) is 0 Å². The summed E-state index contributed by atoms with van der Waals surface area (Å²) in [7, 11) is 1.63. The monoisotopic (exact) mass is 236 g/mol. The molecule has 1 rings (SSSR count). The van der Waals surface area contributed by atoms with E-state index in [1.165, 1.54) is 0 Å². The number of carbonyl (C=O) groups is 1. The first-order chi connectivity index (χ1) is 8.02. The molecule has 0 aliphatic heterocycles. The fraction of sp³-hybridized carbons (Fsp3) is 0.462. The van der Waals surface area contributed by atoms with Gasteiger partial charge in [0.1, 0.15) is 0 Å².